The molecule has 0 fully saturated rings. The molecule has 0 spiro atoms. The smallest absolute Gasteiger partial charge is 0.129 e. The Labute approximate surface area is 63.1 Å². The number of carbonyl (C=O) groups excluding carboxylic acids is 1. The van der Waals surface area contributed by atoms with Crippen LogP contribution in [0.25, 0.3) is 0 Å². The largest absolute Gasteiger partial charge is 0.300 e. The topological polar surface area (TPSA) is 17.1 Å². The molecule has 0 aromatic carbocycles. The second kappa shape index (κ2) is 5.21. The van der Waals surface area contributed by atoms with Gasteiger partial charge in [0.05, 0.1) is 0 Å². The van der Waals surface area contributed by atoms with Crippen molar-refractivity contribution < 1.29 is 4.79 Å². The predicted molar refractivity (Wildman–Crippen MR) is 44.0 cm³/mol. The molecule has 0 unspecified atom stereocenters. The Bertz CT molecular complexity index is 134. The van der Waals surface area contributed by atoms with E-state index < -0.39 is 0 Å². The third-order valence-corrected chi connectivity index (χ3v) is 1.59. The van der Waals surface area contributed by atoms with Gasteiger partial charge in [0.25, 0.3) is 0 Å². The minimum absolute atomic E-state index is 0.295. The van der Waals surface area contributed by atoms with Crippen LogP contribution in [0.5, 0.6) is 0 Å². The fourth-order valence-corrected chi connectivity index (χ4v) is 0.761. The zero-order valence-electron chi connectivity index (χ0n) is 7.11. The standard InChI is InChI=1S/C9H16O/c1-4-8(2)6-5-7-9(3)10/h4H,5-7H2,1-3H3/b8-4+. The molecule has 0 aliphatic carbocycles. The molecule has 1 heteroatoms. The highest BCUT2D eigenvalue weighted by Gasteiger charge is 1.93. The Morgan fingerprint density at radius 2 is 1.90 bits per heavy atom. The Kier molecular flexibility index (Phi) is 4.91. The van der Waals surface area contributed by atoms with E-state index in [0.29, 0.717) is 5.78 Å². The summed E-state index contributed by atoms with van der Waals surface area (Å²) in [6, 6.07) is 0. The molecule has 0 rings (SSSR count). The van der Waals surface area contributed by atoms with Gasteiger partial charge in [-0.3, -0.25) is 0 Å². The van der Waals surface area contributed by atoms with Crippen LogP contribution in [0, 0.1) is 0 Å². The summed E-state index contributed by atoms with van der Waals surface area (Å²) in [5.74, 6) is 0.295. The first-order chi connectivity index (χ1) is 4.66. The summed E-state index contributed by atoms with van der Waals surface area (Å²) in [5.41, 5.74) is 1.38. The van der Waals surface area contributed by atoms with Crippen molar-refractivity contribution in [3.05, 3.63) is 11.6 Å². The van der Waals surface area contributed by atoms with Crippen LogP contribution in [0.3, 0.4) is 0 Å². The van der Waals surface area contributed by atoms with Crippen LogP contribution in [0.4, 0.5) is 0 Å². The van der Waals surface area contributed by atoms with Crippen molar-refractivity contribution in [3.8, 4) is 0 Å². The van der Waals surface area contributed by atoms with Crippen molar-refractivity contribution in [2.75, 3.05) is 0 Å². The van der Waals surface area contributed by atoms with E-state index in [2.05, 4.69) is 13.0 Å². The molecule has 0 saturated carbocycles. The zero-order chi connectivity index (χ0) is 7.98. The van der Waals surface area contributed by atoms with Gasteiger partial charge in [-0.1, -0.05) is 11.6 Å². The maximum absolute atomic E-state index is 10.5. The Morgan fingerprint density at radius 1 is 1.30 bits per heavy atom. The lowest BCUT2D eigenvalue weighted by Crippen LogP contribution is -1.89. The lowest BCUT2D eigenvalue weighted by Gasteiger charge is -1.96. The highest BCUT2D eigenvalue weighted by molar-refractivity contribution is 5.75. The molecule has 1 nitrogen and oxygen atoms in total. The van der Waals surface area contributed by atoms with E-state index in [-0.39, 0.29) is 0 Å². The number of hydrogen-bond donors (Lipinski definition) is 0. The van der Waals surface area contributed by atoms with Gasteiger partial charge in [-0.05, 0) is 33.6 Å². The second-order valence-electron chi connectivity index (χ2n) is 2.69. The minimum Gasteiger partial charge on any atom is -0.300 e. The van der Waals surface area contributed by atoms with Gasteiger partial charge in [-0.25, -0.2) is 0 Å². The van der Waals surface area contributed by atoms with Crippen LogP contribution in [0.2, 0.25) is 0 Å². The average molecular weight is 140 g/mol. The second-order valence-corrected chi connectivity index (χ2v) is 2.69. The molecule has 0 saturated heterocycles. The van der Waals surface area contributed by atoms with Gasteiger partial charge in [0.2, 0.25) is 0 Å². The highest BCUT2D eigenvalue weighted by Crippen LogP contribution is 2.05. The van der Waals surface area contributed by atoms with Crippen LogP contribution in [0.15, 0.2) is 11.6 Å². The van der Waals surface area contributed by atoms with Gasteiger partial charge in [-0.2, -0.15) is 0 Å². The van der Waals surface area contributed by atoms with E-state index in [4.69, 9.17) is 0 Å². The Hall–Kier alpha value is -0.590. The van der Waals surface area contributed by atoms with Gasteiger partial charge in [0, 0.05) is 6.42 Å². The summed E-state index contributed by atoms with van der Waals surface area (Å²) in [6.07, 6.45) is 4.90. The quantitative estimate of drug-likeness (QED) is 0.549. The summed E-state index contributed by atoms with van der Waals surface area (Å²) in [4.78, 5) is 10.5. The van der Waals surface area contributed by atoms with E-state index >= 15 is 0 Å². The van der Waals surface area contributed by atoms with Gasteiger partial charge >= 0.3 is 0 Å². The summed E-state index contributed by atoms with van der Waals surface area (Å²) in [6.45, 7) is 5.77. The number of rotatable bonds is 4. The third-order valence-electron chi connectivity index (χ3n) is 1.59. The van der Waals surface area contributed by atoms with E-state index in [0.717, 1.165) is 19.3 Å². The van der Waals surface area contributed by atoms with Crippen LogP contribution >= 0.6 is 0 Å². The SMILES string of the molecule is C/C=C(\C)CCCC(C)=O. The maximum Gasteiger partial charge on any atom is 0.129 e. The van der Waals surface area contributed by atoms with Gasteiger partial charge in [0.1, 0.15) is 5.78 Å². The monoisotopic (exact) mass is 140 g/mol. The Morgan fingerprint density at radius 3 is 2.30 bits per heavy atom. The molecule has 0 heterocycles. The van der Waals surface area contributed by atoms with Crippen molar-refractivity contribution in [2.24, 2.45) is 0 Å². The van der Waals surface area contributed by atoms with E-state index in [1.165, 1.54) is 5.57 Å². The molecular formula is C9H16O. The molecule has 0 atom stereocenters. The normalized spacial score (nSPS) is 11.7. The van der Waals surface area contributed by atoms with Crippen molar-refractivity contribution in [1.82, 2.24) is 0 Å². The molecule has 58 valence electrons. The van der Waals surface area contributed by atoms with Crippen molar-refractivity contribution in [3.63, 3.8) is 0 Å². The van der Waals surface area contributed by atoms with Gasteiger partial charge < -0.3 is 4.79 Å². The predicted octanol–water partition coefficient (Wildman–Crippen LogP) is 2.71. The fourth-order valence-electron chi connectivity index (χ4n) is 0.761. The summed E-state index contributed by atoms with van der Waals surface area (Å²) in [7, 11) is 0. The number of hydrogen-bond acceptors (Lipinski definition) is 1. The number of carbonyl (C=O) groups is 1. The van der Waals surface area contributed by atoms with E-state index in [1.54, 1.807) is 6.92 Å². The van der Waals surface area contributed by atoms with Gasteiger partial charge in [-0.15, -0.1) is 0 Å². The van der Waals surface area contributed by atoms with E-state index in [9.17, 15) is 4.79 Å². The molecule has 0 amide bonds. The molecule has 0 aromatic heterocycles. The first-order valence-corrected chi connectivity index (χ1v) is 3.78. The molecular weight excluding hydrogens is 124 g/mol. The maximum atomic E-state index is 10.5. The molecule has 10 heavy (non-hydrogen) atoms. The molecule has 0 aliphatic heterocycles. The van der Waals surface area contributed by atoms with Crippen LogP contribution in [0.1, 0.15) is 40.0 Å². The first kappa shape index (κ1) is 9.41. The van der Waals surface area contributed by atoms with Crippen LogP contribution in [-0.4, -0.2) is 5.78 Å². The van der Waals surface area contributed by atoms with E-state index in [1.807, 2.05) is 6.92 Å². The summed E-state index contributed by atoms with van der Waals surface area (Å²) < 4.78 is 0. The number of Topliss-reactive ketones (excluding diaryl/α,β-unsaturated/α-hetero) is 1. The van der Waals surface area contributed by atoms with Crippen molar-refractivity contribution >= 4 is 5.78 Å². The lowest BCUT2D eigenvalue weighted by atomic mass is 10.1. The highest BCUT2D eigenvalue weighted by atomic mass is 16.1. The lowest BCUT2D eigenvalue weighted by molar-refractivity contribution is -0.117. The summed E-state index contributed by atoms with van der Waals surface area (Å²) in [5, 5.41) is 0. The minimum atomic E-state index is 0.295. The van der Waals surface area contributed by atoms with Gasteiger partial charge in [0.15, 0.2) is 0 Å². The van der Waals surface area contributed by atoms with Crippen LogP contribution in [-0.2, 0) is 4.79 Å². The Balaban J connectivity index is 3.29. The number of ketones is 1. The molecule has 0 radical (unpaired) electrons. The molecule has 0 aromatic rings. The van der Waals surface area contributed by atoms with Crippen molar-refractivity contribution in [2.45, 2.75) is 40.0 Å². The van der Waals surface area contributed by atoms with Crippen LogP contribution < -0.4 is 0 Å². The average Bonchev–Trinajstić information content (AvgIpc) is 1.87. The van der Waals surface area contributed by atoms with Crippen molar-refractivity contribution in [1.29, 1.82) is 0 Å². The molecule has 0 N–H and O–H groups in total. The summed E-state index contributed by atoms with van der Waals surface area (Å²) >= 11 is 0. The number of allylic oxidation sites excluding steroid dienone is 2. The fraction of sp³-hybridized carbons (Fsp3) is 0.667. The molecule has 0 aliphatic rings. The zero-order valence-corrected chi connectivity index (χ0v) is 7.11. The first-order valence-electron chi connectivity index (χ1n) is 3.78. The third kappa shape index (κ3) is 5.54. The molecule has 0 bridgehead atoms.